The molecule has 3 atom stereocenters. The minimum Gasteiger partial charge on any atom is -0.391 e. The van der Waals surface area contributed by atoms with Gasteiger partial charge in [0.2, 0.25) is 0 Å². The standard InChI is InChI=1S/C6H14O3/c1-3-5(8)6(9)4(2)7/h4-9H,3H2,1-2H3/t4-,5+,6+/m0/s1. The molecule has 3 heteroatoms. The van der Waals surface area contributed by atoms with Crippen LogP contribution in [-0.4, -0.2) is 33.6 Å². The van der Waals surface area contributed by atoms with Gasteiger partial charge in [-0.2, -0.15) is 0 Å². The van der Waals surface area contributed by atoms with E-state index in [1.807, 2.05) is 0 Å². The summed E-state index contributed by atoms with van der Waals surface area (Å²) in [6.45, 7) is 3.19. The SMILES string of the molecule is CC[C@@H](O)[C@H](O)[C@H](C)O. The van der Waals surface area contributed by atoms with Crippen molar-refractivity contribution < 1.29 is 15.3 Å². The van der Waals surface area contributed by atoms with Crippen molar-refractivity contribution in [2.45, 2.75) is 38.6 Å². The summed E-state index contributed by atoms with van der Waals surface area (Å²) in [7, 11) is 0. The van der Waals surface area contributed by atoms with Crippen molar-refractivity contribution in [3.63, 3.8) is 0 Å². The van der Waals surface area contributed by atoms with E-state index in [9.17, 15) is 0 Å². The Bertz CT molecular complexity index is 72.7. The lowest BCUT2D eigenvalue weighted by Crippen LogP contribution is -2.34. The van der Waals surface area contributed by atoms with E-state index in [1.165, 1.54) is 6.92 Å². The van der Waals surface area contributed by atoms with Gasteiger partial charge in [0.25, 0.3) is 0 Å². The lowest BCUT2D eigenvalue weighted by Gasteiger charge is -2.17. The van der Waals surface area contributed by atoms with Crippen LogP contribution in [-0.2, 0) is 0 Å². The van der Waals surface area contributed by atoms with E-state index >= 15 is 0 Å². The van der Waals surface area contributed by atoms with Crippen molar-refractivity contribution in [3.8, 4) is 0 Å². The fraction of sp³-hybridized carbons (Fsp3) is 1.00. The molecule has 0 aromatic heterocycles. The molecule has 0 amide bonds. The van der Waals surface area contributed by atoms with E-state index in [0.29, 0.717) is 6.42 Å². The Hall–Kier alpha value is -0.120. The molecule has 3 N–H and O–H groups in total. The third-order valence-electron chi connectivity index (χ3n) is 1.31. The fourth-order valence-electron chi connectivity index (χ4n) is 0.563. The van der Waals surface area contributed by atoms with Gasteiger partial charge in [-0.3, -0.25) is 0 Å². The monoisotopic (exact) mass is 134 g/mol. The van der Waals surface area contributed by atoms with Crippen LogP contribution in [0.25, 0.3) is 0 Å². The van der Waals surface area contributed by atoms with E-state index in [1.54, 1.807) is 6.92 Å². The Morgan fingerprint density at radius 2 is 1.67 bits per heavy atom. The third-order valence-corrected chi connectivity index (χ3v) is 1.31. The van der Waals surface area contributed by atoms with Crippen LogP contribution in [0.4, 0.5) is 0 Å². The summed E-state index contributed by atoms with van der Waals surface area (Å²) in [6.07, 6.45) is -2.19. The van der Waals surface area contributed by atoms with Crippen LogP contribution in [0.5, 0.6) is 0 Å². The van der Waals surface area contributed by atoms with E-state index in [-0.39, 0.29) is 0 Å². The molecule has 56 valence electrons. The normalized spacial score (nSPS) is 21.0. The molecule has 0 aliphatic carbocycles. The topological polar surface area (TPSA) is 60.7 Å². The largest absolute Gasteiger partial charge is 0.391 e. The van der Waals surface area contributed by atoms with Gasteiger partial charge in [-0.25, -0.2) is 0 Å². The molecular weight excluding hydrogens is 120 g/mol. The van der Waals surface area contributed by atoms with E-state index in [0.717, 1.165) is 0 Å². The van der Waals surface area contributed by atoms with Gasteiger partial charge in [0, 0.05) is 0 Å². The van der Waals surface area contributed by atoms with Gasteiger partial charge in [0.05, 0.1) is 12.2 Å². The molecule has 9 heavy (non-hydrogen) atoms. The summed E-state index contributed by atoms with van der Waals surface area (Å²) in [5.74, 6) is 0. The highest BCUT2D eigenvalue weighted by molar-refractivity contribution is 4.69. The van der Waals surface area contributed by atoms with Crippen molar-refractivity contribution in [2.75, 3.05) is 0 Å². The number of aliphatic hydroxyl groups is 3. The molecule has 0 bridgehead atoms. The van der Waals surface area contributed by atoms with Crippen LogP contribution < -0.4 is 0 Å². The van der Waals surface area contributed by atoms with Crippen LogP contribution >= 0.6 is 0 Å². The Morgan fingerprint density at radius 3 is 1.78 bits per heavy atom. The first-order chi connectivity index (χ1) is 4.09. The van der Waals surface area contributed by atoms with Gasteiger partial charge in [0.15, 0.2) is 0 Å². The molecule has 0 fully saturated rings. The Labute approximate surface area is 54.9 Å². The highest BCUT2D eigenvalue weighted by Crippen LogP contribution is 2.01. The molecule has 0 aliphatic heterocycles. The molecule has 0 heterocycles. The zero-order chi connectivity index (χ0) is 7.44. The van der Waals surface area contributed by atoms with Crippen LogP contribution in [0.1, 0.15) is 20.3 Å². The van der Waals surface area contributed by atoms with Crippen molar-refractivity contribution in [1.82, 2.24) is 0 Å². The van der Waals surface area contributed by atoms with Gasteiger partial charge in [0.1, 0.15) is 6.10 Å². The smallest absolute Gasteiger partial charge is 0.105 e. The number of aliphatic hydroxyl groups excluding tert-OH is 3. The van der Waals surface area contributed by atoms with Gasteiger partial charge in [-0.1, -0.05) is 6.92 Å². The Morgan fingerprint density at radius 1 is 1.22 bits per heavy atom. The number of hydrogen-bond acceptors (Lipinski definition) is 3. The summed E-state index contributed by atoms with van der Waals surface area (Å²) >= 11 is 0. The van der Waals surface area contributed by atoms with Crippen molar-refractivity contribution in [2.24, 2.45) is 0 Å². The van der Waals surface area contributed by atoms with Gasteiger partial charge in [-0.05, 0) is 13.3 Å². The van der Waals surface area contributed by atoms with Gasteiger partial charge >= 0.3 is 0 Å². The average Bonchev–Trinajstić information content (AvgIpc) is 1.84. The van der Waals surface area contributed by atoms with Crippen molar-refractivity contribution >= 4 is 0 Å². The number of rotatable bonds is 3. The molecule has 0 unspecified atom stereocenters. The van der Waals surface area contributed by atoms with E-state index in [2.05, 4.69) is 0 Å². The molecule has 0 spiro atoms. The molecule has 0 saturated carbocycles. The predicted molar refractivity (Wildman–Crippen MR) is 34.0 cm³/mol. The Balaban J connectivity index is 3.58. The van der Waals surface area contributed by atoms with Crippen LogP contribution in [0.3, 0.4) is 0 Å². The summed E-state index contributed by atoms with van der Waals surface area (Å²) in [4.78, 5) is 0. The summed E-state index contributed by atoms with van der Waals surface area (Å²) in [5, 5.41) is 26.5. The molecule has 3 nitrogen and oxygen atoms in total. The van der Waals surface area contributed by atoms with Crippen LogP contribution in [0, 0.1) is 0 Å². The highest BCUT2D eigenvalue weighted by Gasteiger charge is 2.18. The van der Waals surface area contributed by atoms with E-state index in [4.69, 9.17) is 15.3 Å². The summed E-state index contributed by atoms with van der Waals surface area (Å²) in [6, 6.07) is 0. The lowest BCUT2D eigenvalue weighted by molar-refractivity contribution is -0.0524. The van der Waals surface area contributed by atoms with Crippen LogP contribution in [0.2, 0.25) is 0 Å². The quantitative estimate of drug-likeness (QED) is 0.487. The number of hydrogen-bond donors (Lipinski definition) is 3. The lowest BCUT2D eigenvalue weighted by atomic mass is 10.1. The molecule has 0 aromatic carbocycles. The van der Waals surface area contributed by atoms with Crippen LogP contribution in [0.15, 0.2) is 0 Å². The zero-order valence-corrected chi connectivity index (χ0v) is 5.78. The third kappa shape index (κ3) is 2.79. The predicted octanol–water partition coefficient (Wildman–Crippen LogP) is -0.501. The molecule has 0 radical (unpaired) electrons. The second kappa shape index (κ2) is 3.82. The summed E-state index contributed by atoms with van der Waals surface area (Å²) < 4.78 is 0. The average molecular weight is 134 g/mol. The molecule has 0 saturated heterocycles. The zero-order valence-electron chi connectivity index (χ0n) is 5.78. The minimum absolute atomic E-state index is 0.464. The maximum atomic E-state index is 8.89. The molecular formula is C6H14O3. The molecule has 0 aromatic rings. The van der Waals surface area contributed by atoms with Crippen molar-refractivity contribution in [1.29, 1.82) is 0 Å². The molecule has 0 aliphatic rings. The van der Waals surface area contributed by atoms with E-state index < -0.39 is 18.3 Å². The first-order valence-corrected chi connectivity index (χ1v) is 3.13. The van der Waals surface area contributed by atoms with Gasteiger partial charge < -0.3 is 15.3 Å². The fourth-order valence-corrected chi connectivity index (χ4v) is 0.563. The first kappa shape index (κ1) is 8.88. The minimum atomic E-state index is -1.00. The molecule has 0 rings (SSSR count). The second-order valence-electron chi connectivity index (χ2n) is 2.21. The first-order valence-electron chi connectivity index (χ1n) is 3.13. The second-order valence-corrected chi connectivity index (χ2v) is 2.21. The maximum absolute atomic E-state index is 8.89. The summed E-state index contributed by atoms with van der Waals surface area (Å²) in [5.41, 5.74) is 0. The van der Waals surface area contributed by atoms with Crippen molar-refractivity contribution in [3.05, 3.63) is 0 Å². The highest BCUT2D eigenvalue weighted by atomic mass is 16.4. The maximum Gasteiger partial charge on any atom is 0.105 e. The van der Waals surface area contributed by atoms with Gasteiger partial charge in [-0.15, -0.1) is 0 Å². The Kier molecular flexibility index (Phi) is 3.77.